The summed E-state index contributed by atoms with van der Waals surface area (Å²) >= 11 is 6.09. The van der Waals surface area contributed by atoms with Crippen molar-refractivity contribution >= 4 is 40.5 Å². The van der Waals surface area contributed by atoms with E-state index in [2.05, 4.69) is 20.4 Å². The number of methoxy groups -OCH3 is 1. The van der Waals surface area contributed by atoms with Gasteiger partial charge in [0.1, 0.15) is 29.0 Å². The molecule has 1 amide bonds. The molecule has 5 N–H and O–H groups in total. The number of hydrogen-bond acceptors (Lipinski definition) is 8. The molecule has 0 aromatic carbocycles. The van der Waals surface area contributed by atoms with Crippen LogP contribution in [0.25, 0.3) is 5.65 Å². The lowest BCUT2D eigenvalue weighted by atomic mass is 9.92. The number of fused-ring (bicyclic) bond motifs is 1. The van der Waals surface area contributed by atoms with E-state index in [4.69, 9.17) is 32.5 Å². The van der Waals surface area contributed by atoms with Crippen LogP contribution in [-0.4, -0.2) is 44.8 Å². The normalized spacial score (nSPS) is 18.6. The highest BCUT2D eigenvalue weighted by Gasteiger charge is 2.31. The van der Waals surface area contributed by atoms with Gasteiger partial charge in [0.05, 0.1) is 17.3 Å². The number of primary amides is 1. The van der Waals surface area contributed by atoms with E-state index in [1.54, 1.807) is 19.2 Å². The Kier molecular flexibility index (Phi) is 4.65. The smallest absolute Gasteiger partial charge is 0.254 e. The molecular formula is C17H18ClN7O3. The van der Waals surface area contributed by atoms with Gasteiger partial charge in [-0.05, 0) is 6.07 Å². The molecule has 3 heterocycles. The van der Waals surface area contributed by atoms with Crippen molar-refractivity contribution in [3.8, 4) is 5.88 Å². The number of pyridine rings is 1. The van der Waals surface area contributed by atoms with Crippen molar-refractivity contribution < 1.29 is 14.3 Å². The summed E-state index contributed by atoms with van der Waals surface area (Å²) in [5, 5.41) is 7.54. The zero-order valence-corrected chi connectivity index (χ0v) is 15.7. The first-order valence-corrected chi connectivity index (χ1v) is 8.88. The van der Waals surface area contributed by atoms with Crippen molar-refractivity contribution in [2.75, 3.05) is 18.2 Å². The minimum Gasteiger partial charge on any atom is -0.473 e. The lowest BCUT2D eigenvalue weighted by molar-refractivity contribution is -0.0393. The number of nitrogens with one attached hydrogen (secondary N) is 1. The Labute approximate surface area is 164 Å². The number of rotatable bonds is 6. The minimum atomic E-state index is -0.648. The molecule has 0 unspecified atom stereocenters. The van der Waals surface area contributed by atoms with Gasteiger partial charge in [-0.25, -0.2) is 9.97 Å². The van der Waals surface area contributed by atoms with Crippen LogP contribution in [0.3, 0.4) is 0 Å². The van der Waals surface area contributed by atoms with Crippen molar-refractivity contribution in [1.82, 2.24) is 19.6 Å². The van der Waals surface area contributed by atoms with Gasteiger partial charge < -0.3 is 26.3 Å². The molecule has 1 saturated carbocycles. The second-order valence-electron chi connectivity index (χ2n) is 6.42. The molecular weight excluding hydrogens is 386 g/mol. The number of halogens is 1. The number of ether oxygens (including phenoxy) is 2. The van der Waals surface area contributed by atoms with Crippen LogP contribution in [0.2, 0.25) is 5.02 Å². The molecule has 0 spiro atoms. The van der Waals surface area contributed by atoms with Gasteiger partial charge in [-0.1, -0.05) is 11.6 Å². The molecule has 28 heavy (non-hydrogen) atoms. The van der Waals surface area contributed by atoms with Crippen LogP contribution >= 0.6 is 11.6 Å². The van der Waals surface area contributed by atoms with E-state index in [1.165, 1.54) is 16.9 Å². The molecule has 11 heteroatoms. The van der Waals surface area contributed by atoms with E-state index in [0.29, 0.717) is 22.4 Å². The molecule has 1 fully saturated rings. The van der Waals surface area contributed by atoms with E-state index in [0.717, 1.165) is 12.8 Å². The summed E-state index contributed by atoms with van der Waals surface area (Å²) in [7, 11) is 1.68. The average Bonchev–Trinajstić information content (AvgIpc) is 3.04. The van der Waals surface area contributed by atoms with E-state index in [-0.39, 0.29) is 29.2 Å². The van der Waals surface area contributed by atoms with Gasteiger partial charge >= 0.3 is 0 Å². The Morgan fingerprint density at radius 3 is 2.82 bits per heavy atom. The van der Waals surface area contributed by atoms with E-state index in [1.807, 2.05) is 0 Å². The van der Waals surface area contributed by atoms with Crippen LogP contribution in [0.5, 0.6) is 5.88 Å². The molecule has 3 aromatic heterocycles. The zero-order valence-electron chi connectivity index (χ0n) is 14.9. The number of anilines is 3. The number of amides is 1. The number of hydrogen-bond donors (Lipinski definition) is 3. The molecule has 3 aromatic rings. The second-order valence-corrected chi connectivity index (χ2v) is 6.86. The van der Waals surface area contributed by atoms with Gasteiger partial charge in [-0.3, -0.25) is 4.79 Å². The number of carbonyl (C=O) groups excluding carboxylic acids is 1. The van der Waals surface area contributed by atoms with Gasteiger partial charge in [0.15, 0.2) is 5.65 Å². The molecule has 10 nitrogen and oxygen atoms in total. The lowest BCUT2D eigenvalue weighted by Crippen LogP contribution is -2.39. The summed E-state index contributed by atoms with van der Waals surface area (Å²) in [4.78, 5) is 20.2. The Morgan fingerprint density at radius 1 is 1.32 bits per heavy atom. The largest absolute Gasteiger partial charge is 0.473 e. The van der Waals surface area contributed by atoms with Gasteiger partial charge in [0.25, 0.3) is 5.91 Å². The first kappa shape index (κ1) is 18.3. The van der Waals surface area contributed by atoms with E-state index < -0.39 is 5.91 Å². The molecule has 0 radical (unpaired) electrons. The first-order valence-electron chi connectivity index (χ1n) is 8.50. The standard InChI is InChI=1S/C17H18ClN7O3/c1-27-9-3-10(4-9)28-17-12(2-8(18)6-21-17)23-14-5-13(19)25-16(24-14)11(7-22-25)15(20)26/h2,5-7,9-10H,3-4,19H2,1H3,(H2,20,26)(H,23,24). The van der Waals surface area contributed by atoms with Crippen molar-refractivity contribution in [2.45, 2.75) is 25.0 Å². The molecule has 1 aliphatic rings. The molecule has 0 bridgehead atoms. The molecule has 0 saturated heterocycles. The second kappa shape index (κ2) is 7.13. The van der Waals surface area contributed by atoms with Crippen LogP contribution in [-0.2, 0) is 4.74 Å². The number of carbonyl (C=O) groups is 1. The molecule has 0 aliphatic heterocycles. The van der Waals surface area contributed by atoms with Gasteiger partial charge in [0.2, 0.25) is 5.88 Å². The predicted octanol–water partition coefficient (Wildman–Crippen LogP) is 1.76. The van der Waals surface area contributed by atoms with Crippen LogP contribution in [0.15, 0.2) is 24.5 Å². The summed E-state index contributed by atoms with van der Waals surface area (Å²) < 4.78 is 12.5. The van der Waals surface area contributed by atoms with Gasteiger partial charge in [0, 0.05) is 32.2 Å². The summed E-state index contributed by atoms with van der Waals surface area (Å²) in [5.74, 6) is 0.377. The summed E-state index contributed by atoms with van der Waals surface area (Å²) in [6, 6.07) is 3.24. The van der Waals surface area contributed by atoms with Crippen molar-refractivity contribution in [2.24, 2.45) is 5.73 Å². The minimum absolute atomic E-state index is 0.0102. The van der Waals surface area contributed by atoms with Crippen molar-refractivity contribution in [1.29, 1.82) is 0 Å². The Bertz CT molecular complexity index is 1050. The average molecular weight is 404 g/mol. The fraction of sp³-hybridized carbons (Fsp3) is 0.294. The maximum Gasteiger partial charge on any atom is 0.254 e. The SMILES string of the molecule is COC1CC(Oc2ncc(Cl)cc2Nc2cc(N)n3ncc(C(N)=O)c3n2)C1. The number of nitrogens with zero attached hydrogens (tertiary/aromatic N) is 4. The Morgan fingerprint density at radius 2 is 2.11 bits per heavy atom. The molecule has 1 aliphatic carbocycles. The number of aromatic nitrogens is 4. The van der Waals surface area contributed by atoms with E-state index in [9.17, 15) is 4.79 Å². The third-order valence-corrected chi connectivity index (χ3v) is 4.72. The number of nitrogen functional groups attached to an aromatic ring is 1. The molecule has 146 valence electrons. The maximum absolute atomic E-state index is 11.6. The quantitative estimate of drug-likeness (QED) is 0.564. The summed E-state index contributed by atoms with van der Waals surface area (Å²) in [6.45, 7) is 0. The topological polar surface area (TPSA) is 143 Å². The highest BCUT2D eigenvalue weighted by atomic mass is 35.5. The third-order valence-electron chi connectivity index (χ3n) is 4.51. The van der Waals surface area contributed by atoms with E-state index >= 15 is 0 Å². The number of nitrogens with two attached hydrogens (primary N) is 2. The molecule has 4 rings (SSSR count). The fourth-order valence-corrected chi connectivity index (χ4v) is 3.09. The summed E-state index contributed by atoms with van der Waals surface area (Å²) in [5.41, 5.74) is 12.3. The predicted molar refractivity (Wildman–Crippen MR) is 103 cm³/mol. The van der Waals surface area contributed by atoms with Crippen LogP contribution in [0.4, 0.5) is 17.3 Å². The van der Waals surface area contributed by atoms with Crippen LogP contribution in [0.1, 0.15) is 23.2 Å². The highest BCUT2D eigenvalue weighted by molar-refractivity contribution is 6.30. The zero-order chi connectivity index (χ0) is 19.8. The van der Waals surface area contributed by atoms with Gasteiger partial charge in [-0.15, -0.1) is 0 Å². The Balaban J connectivity index is 1.64. The third kappa shape index (κ3) is 3.39. The maximum atomic E-state index is 11.6. The van der Waals surface area contributed by atoms with Crippen molar-refractivity contribution in [3.05, 3.63) is 35.1 Å². The monoisotopic (exact) mass is 403 g/mol. The first-order chi connectivity index (χ1) is 13.4. The van der Waals surface area contributed by atoms with Crippen LogP contribution < -0.4 is 21.5 Å². The Hall–Kier alpha value is -3.11. The van der Waals surface area contributed by atoms with Gasteiger partial charge in [-0.2, -0.15) is 9.61 Å². The van der Waals surface area contributed by atoms with Crippen LogP contribution in [0, 0.1) is 0 Å². The summed E-state index contributed by atoms with van der Waals surface area (Å²) in [6.07, 6.45) is 4.61. The highest BCUT2D eigenvalue weighted by Crippen LogP contribution is 2.33. The fourth-order valence-electron chi connectivity index (χ4n) is 2.94. The molecule has 0 atom stereocenters. The van der Waals surface area contributed by atoms with Crippen molar-refractivity contribution in [3.63, 3.8) is 0 Å². The lowest BCUT2D eigenvalue weighted by Gasteiger charge is -2.34.